The maximum Gasteiger partial charge on any atom is 0.224 e. The van der Waals surface area contributed by atoms with Crippen molar-refractivity contribution < 1.29 is 15.0 Å². The zero-order valence-corrected chi connectivity index (χ0v) is 10.3. The van der Waals surface area contributed by atoms with E-state index in [-0.39, 0.29) is 11.8 Å². The quantitative estimate of drug-likeness (QED) is 0.677. The van der Waals surface area contributed by atoms with E-state index in [0.717, 1.165) is 5.56 Å². The zero-order valence-electron chi connectivity index (χ0n) is 9.56. The summed E-state index contributed by atoms with van der Waals surface area (Å²) < 4.78 is 0. The van der Waals surface area contributed by atoms with Crippen LogP contribution in [0.25, 0.3) is 0 Å². The van der Waals surface area contributed by atoms with Crippen LogP contribution >= 0.6 is 11.6 Å². The van der Waals surface area contributed by atoms with Gasteiger partial charge in [-0.3, -0.25) is 4.79 Å². The van der Waals surface area contributed by atoms with Gasteiger partial charge in [0.15, 0.2) is 0 Å². The van der Waals surface area contributed by atoms with E-state index in [1.54, 1.807) is 31.3 Å². The molecule has 94 valence electrons. The molecule has 2 atom stereocenters. The first-order valence-electron chi connectivity index (χ1n) is 5.30. The number of hydrogen-bond donors (Lipinski definition) is 3. The average Bonchev–Trinajstić information content (AvgIpc) is 2.37. The molecule has 17 heavy (non-hydrogen) atoms. The number of alkyl halides is 1. The lowest BCUT2D eigenvalue weighted by molar-refractivity contribution is -0.119. The van der Waals surface area contributed by atoms with E-state index in [2.05, 4.69) is 5.32 Å². The lowest BCUT2D eigenvalue weighted by Crippen LogP contribution is -2.21. The van der Waals surface area contributed by atoms with Crippen LogP contribution in [0.2, 0.25) is 0 Å². The Bertz CT molecular complexity index is 367. The molecule has 4 nitrogen and oxygen atoms in total. The van der Waals surface area contributed by atoms with Gasteiger partial charge in [0.25, 0.3) is 0 Å². The Morgan fingerprint density at radius 2 is 1.94 bits per heavy atom. The van der Waals surface area contributed by atoms with Crippen molar-refractivity contribution in [1.82, 2.24) is 5.32 Å². The summed E-state index contributed by atoms with van der Waals surface area (Å²) >= 11 is 5.45. The van der Waals surface area contributed by atoms with E-state index < -0.39 is 12.2 Å². The van der Waals surface area contributed by atoms with E-state index in [1.165, 1.54) is 0 Å². The molecule has 0 aromatic heterocycles. The second-order valence-electron chi connectivity index (χ2n) is 3.76. The van der Waals surface area contributed by atoms with E-state index in [4.69, 9.17) is 11.6 Å². The Morgan fingerprint density at radius 1 is 1.35 bits per heavy atom. The molecule has 2 unspecified atom stereocenters. The first-order valence-corrected chi connectivity index (χ1v) is 5.83. The summed E-state index contributed by atoms with van der Waals surface area (Å²) in [5.41, 5.74) is 1.43. The Balaban J connectivity index is 2.70. The molecule has 5 heteroatoms. The molecule has 1 aromatic carbocycles. The molecule has 0 radical (unpaired) electrons. The monoisotopic (exact) mass is 257 g/mol. The van der Waals surface area contributed by atoms with Gasteiger partial charge < -0.3 is 15.5 Å². The lowest BCUT2D eigenvalue weighted by Gasteiger charge is -2.15. The molecular formula is C12H16ClNO3. The SMILES string of the molecule is CNC(=O)Cc1ccc(C(O)C(O)CCl)cc1. The first kappa shape index (κ1) is 14.0. The highest BCUT2D eigenvalue weighted by atomic mass is 35.5. The van der Waals surface area contributed by atoms with Crippen molar-refractivity contribution in [2.75, 3.05) is 12.9 Å². The molecule has 3 N–H and O–H groups in total. The molecule has 0 aliphatic rings. The zero-order chi connectivity index (χ0) is 12.8. The summed E-state index contributed by atoms with van der Waals surface area (Å²) in [4.78, 5) is 11.1. The van der Waals surface area contributed by atoms with Crippen LogP contribution in [0.4, 0.5) is 0 Å². The topological polar surface area (TPSA) is 69.6 Å². The fourth-order valence-corrected chi connectivity index (χ4v) is 1.58. The number of halogens is 1. The molecule has 0 bridgehead atoms. The molecule has 1 amide bonds. The number of amides is 1. The summed E-state index contributed by atoms with van der Waals surface area (Å²) in [6.45, 7) is 0. The summed E-state index contributed by atoms with van der Waals surface area (Å²) in [5.74, 6) is -0.0969. The van der Waals surface area contributed by atoms with Crippen LogP contribution in [0.3, 0.4) is 0 Å². The van der Waals surface area contributed by atoms with Gasteiger partial charge in [0.05, 0.1) is 18.4 Å². The third kappa shape index (κ3) is 4.00. The predicted molar refractivity (Wildman–Crippen MR) is 65.9 cm³/mol. The van der Waals surface area contributed by atoms with E-state index >= 15 is 0 Å². The normalized spacial score (nSPS) is 14.1. The molecule has 0 saturated carbocycles. The Kier molecular flexibility index (Phi) is 5.41. The van der Waals surface area contributed by atoms with Crippen molar-refractivity contribution in [2.45, 2.75) is 18.6 Å². The van der Waals surface area contributed by atoms with Crippen LogP contribution in [-0.4, -0.2) is 35.2 Å². The number of carbonyl (C=O) groups excluding carboxylic acids is 1. The van der Waals surface area contributed by atoms with Gasteiger partial charge in [0.2, 0.25) is 5.91 Å². The Labute approximate surface area is 105 Å². The van der Waals surface area contributed by atoms with Crippen molar-refractivity contribution in [3.63, 3.8) is 0 Å². The molecule has 0 saturated heterocycles. The maximum absolute atomic E-state index is 11.1. The number of carbonyl (C=O) groups is 1. The van der Waals surface area contributed by atoms with Gasteiger partial charge in [0.1, 0.15) is 6.10 Å². The van der Waals surface area contributed by atoms with Gasteiger partial charge in [-0.15, -0.1) is 11.6 Å². The molecule has 1 rings (SSSR count). The smallest absolute Gasteiger partial charge is 0.224 e. The average molecular weight is 258 g/mol. The van der Waals surface area contributed by atoms with Gasteiger partial charge in [-0.05, 0) is 11.1 Å². The molecule has 0 aliphatic heterocycles. The number of rotatable bonds is 5. The number of aliphatic hydroxyl groups is 2. The minimum atomic E-state index is -0.999. The summed E-state index contributed by atoms with van der Waals surface area (Å²) in [5, 5.41) is 21.6. The van der Waals surface area contributed by atoms with E-state index in [1.807, 2.05) is 0 Å². The van der Waals surface area contributed by atoms with Gasteiger partial charge in [-0.2, -0.15) is 0 Å². The van der Waals surface area contributed by atoms with Crippen LogP contribution < -0.4 is 5.32 Å². The molecule has 0 aliphatic carbocycles. The van der Waals surface area contributed by atoms with Crippen LogP contribution in [0.15, 0.2) is 24.3 Å². The first-order chi connectivity index (χ1) is 8.08. The number of benzene rings is 1. The van der Waals surface area contributed by atoms with Gasteiger partial charge in [0, 0.05) is 7.05 Å². The van der Waals surface area contributed by atoms with E-state index in [0.29, 0.717) is 12.0 Å². The largest absolute Gasteiger partial charge is 0.389 e. The van der Waals surface area contributed by atoms with Crippen molar-refractivity contribution in [3.05, 3.63) is 35.4 Å². The maximum atomic E-state index is 11.1. The molecule has 0 heterocycles. The van der Waals surface area contributed by atoms with Crippen molar-refractivity contribution in [3.8, 4) is 0 Å². The van der Waals surface area contributed by atoms with Crippen LogP contribution in [-0.2, 0) is 11.2 Å². The minimum absolute atomic E-state index is 0.0266. The van der Waals surface area contributed by atoms with Crippen molar-refractivity contribution >= 4 is 17.5 Å². The number of hydrogen-bond acceptors (Lipinski definition) is 3. The molecule has 0 spiro atoms. The molecule has 0 fully saturated rings. The summed E-state index contributed by atoms with van der Waals surface area (Å²) in [6.07, 6.45) is -1.69. The second-order valence-corrected chi connectivity index (χ2v) is 4.07. The summed E-state index contributed by atoms with van der Waals surface area (Å²) in [7, 11) is 1.58. The fraction of sp³-hybridized carbons (Fsp3) is 0.417. The third-order valence-electron chi connectivity index (χ3n) is 2.49. The highest BCUT2D eigenvalue weighted by molar-refractivity contribution is 6.18. The van der Waals surface area contributed by atoms with Gasteiger partial charge in [-0.1, -0.05) is 24.3 Å². The number of aliphatic hydroxyl groups excluding tert-OH is 2. The Morgan fingerprint density at radius 3 is 2.41 bits per heavy atom. The standard InChI is InChI=1S/C12H16ClNO3/c1-14-11(16)6-8-2-4-9(5-3-8)12(17)10(15)7-13/h2-5,10,12,15,17H,6-7H2,1H3,(H,14,16). The van der Waals surface area contributed by atoms with Crippen molar-refractivity contribution in [1.29, 1.82) is 0 Å². The van der Waals surface area contributed by atoms with Crippen LogP contribution in [0, 0.1) is 0 Å². The minimum Gasteiger partial charge on any atom is -0.389 e. The molecule has 1 aromatic rings. The predicted octanol–water partition coefficient (Wildman–Crippen LogP) is 0.608. The fourth-order valence-electron chi connectivity index (χ4n) is 1.41. The van der Waals surface area contributed by atoms with Gasteiger partial charge >= 0.3 is 0 Å². The van der Waals surface area contributed by atoms with E-state index in [9.17, 15) is 15.0 Å². The highest BCUT2D eigenvalue weighted by Gasteiger charge is 2.16. The van der Waals surface area contributed by atoms with Crippen molar-refractivity contribution in [2.24, 2.45) is 0 Å². The molecular weight excluding hydrogens is 242 g/mol. The Hall–Kier alpha value is -1.10. The van der Waals surface area contributed by atoms with Gasteiger partial charge in [-0.25, -0.2) is 0 Å². The van der Waals surface area contributed by atoms with Crippen LogP contribution in [0.5, 0.6) is 0 Å². The second kappa shape index (κ2) is 6.59. The van der Waals surface area contributed by atoms with Crippen LogP contribution in [0.1, 0.15) is 17.2 Å². The highest BCUT2D eigenvalue weighted by Crippen LogP contribution is 2.18. The lowest BCUT2D eigenvalue weighted by atomic mass is 10.0. The third-order valence-corrected chi connectivity index (χ3v) is 2.80. The number of likely N-dealkylation sites (N-methyl/N-ethyl adjacent to an activating group) is 1. The summed E-state index contributed by atoms with van der Waals surface area (Å²) in [6, 6.07) is 6.85. The number of nitrogens with one attached hydrogen (secondary N) is 1.